The predicted molar refractivity (Wildman–Crippen MR) is 103 cm³/mol. The van der Waals surface area contributed by atoms with Crippen molar-refractivity contribution in [1.29, 1.82) is 0 Å². The summed E-state index contributed by atoms with van der Waals surface area (Å²) in [6.45, 7) is 1.85. The molecule has 4 aromatic rings. The molecule has 0 amide bonds. The van der Waals surface area contributed by atoms with Gasteiger partial charge in [-0.15, -0.1) is 0 Å². The van der Waals surface area contributed by atoms with Gasteiger partial charge >= 0.3 is 12.0 Å². The maximum atomic E-state index is 13.7. The zero-order valence-electron chi connectivity index (χ0n) is 15.2. The molecule has 0 unspecified atom stereocenters. The first kappa shape index (κ1) is 18.3. The van der Waals surface area contributed by atoms with Crippen molar-refractivity contribution in [3.8, 4) is 23.2 Å². The summed E-state index contributed by atoms with van der Waals surface area (Å²) in [6, 6.07) is 11.3. The molecule has 0 fully saturated rings. The molecule has 0 aliphatic heterocycles. The van der Waals surface area contributed by atoms with Crippen molar-refractivity contribution < 1.29 is 23.4 Å². The van der Waals surface area contributed by atoms with Crippen molar-refractivity contribution in [3.05, 3.63) is 71.7 Å². The highest BCUT2D eigenvalue weighted by Crippen LogP contribution is 2.27. The summed E-state index contributed by atoms with van der Waals surface area (Å²) >= 11 is 0. The number of aromatic nitrogens is 3. The molecule has 7 nitrogen and oxygen atoms in total. The number of fused-ring (bicyclic) bond motifs is 1. The Bertz CT molecular complexity index is 1250. The molecule has 1 N–H and O–H groups in total. The summed E-state index contributed by atoms with van der Waals surface area (Å²) in [5.74, 6) is -1.21. The second-order valence-electron chi connectivity index (χ2n) is 6.14. The van der Waals surface area contributed by atoms with E-state index in [4.69, 9.17) is 14.3 Å². The Hall–Kier alpha value is -4.07. The number of ether oxygens (including phenoxy) is 1. The van der Waals surface area contributed by atoms with Crippen LogP contribution in [0.25, 0.3) is 28.8 Å². The fraction of sp³-hybridized carbons (Fsp3) is 0.0476. The fourth-order valence-electron chi connectivity index (χ4n) is 2.68. The highest BCUT2D eigenvalue weighted by atomic mass is 19.1. The van der Waals surface area contributed by atoms with Gasteiger partial charge < -0.3 is 14.3 Å². The number of oxazole rings is 1. The number of hydrogen-bond acceptors (Lipinski definition) is 6. The number of benzene rings is 2. The van der Waals surface area contributed by atoms with E-state index in [1.807, 2.05) is 13.0 Å². The number of aliphatic carboxylic acids is 1. The van der Waals surface area contributed by atoms with Crippen LogP contribution in [0.4, 0.5) is 4.39 Å². The summed E-state index contributed by atoms with van der Waals surface area (Å²) < 4.78 is 24.8. The van der Waals surface area contributed by atoms with Crippen molar-refractivity contribution in [2.45, 2.75) is 6.92 Å². The van der Waals surface area contributed by atoms with Crippen LogP contribution in [0, 0.1) is 12.7 Å². The van der Waals surface area contributed by atoms with E-state index < -0.39 is 11.8 Å². The Labute approximate surface area is 164 Å². The Morgan fingerprint density at radius 2 is 2.03 bits per heavy atom. The summed E-state index contributed by atoms with van der Waals surface area (Å²) in [7, 11) is 0. The number of para-hydroxylation sites is 1. The molecule has 0 radical (unpaired) electrons. The summed E-state index contributed by atoms with van der Waals surface area (Å²) in [5.41, 5.74) is 2.95. The Kier molecular flexibility index (Phi) is 4.74. The van der Waals surface area contributed by atoms with E-state index in [0.717, 1.165) is 17.2 Å². The molecule has 2 aromatic heterocycles. The number of aryl methyl sites for hydroxylation is 1. The molecule has 0 aliphatic rings. The standard InChI is InChI=1S/C21H14FN3O4/c1-12-10-14(7-6-13(12)8-9-18(26)27)19-24-16-11-23-21(25-20(16)29-19)28-17-5-3-2-4-15(17)22/h2-11H,1H3,(H,26,27)/b9-8+. The van der Waals surface area contributed by atoms with E-state index in [0.29, 0.717) is 17.0 Å². The van der Waals surface area contributed by atoms with Gasteiger partial charge in [0.15, 0.2) is 11.6 Å². The number of halogens is 1. The summed E-state index contributed by atoms with van der Waals surface area (Å²) in [5, 5.41) is 8.75. The number of hydrogen-bond donors (Lipinski definition) is 1. The first-order valence-electron chi connectivity index (χ1n) is 8.57. The van der Waals surface area contributed by atoms with Gasteiger partial charge in [-0.2, -0.15) is 4.98 Å². The topological polar surface area (TPSA) is 98.3 Å². The molecule has 144 valence electrons. The SMILES string of the molecule is Cc1cc(-c2nc3cnc(Oc4ccccc4F)nc3o2)ccc1/C=C/C(=O)O. The van der Waals surface area contributed by atoms with Crippen LogP contribution < -0.4 is 4.74 Å². The van der Waals surface area contributed by atoms with E-state index in [2.05, 4.69) is 15.0 Å². The van der Waals surface area contributed by atoms with Crippen LogP contribution >= 0.6 is 0 Å². The predicted octanol–water partition coefficient (Wildman–Crippen LogP) is 4.62. The van der Waals surface area contributed by atoms with Crippen LogP contribution in [-0.4, -0.2) is 26.0 Å². The van der Waals surface area contributed by atoms with Gasteiger partial charge in [-0.05, 0) is 48.4 Å². The minimum absolute atomic E-state index is 0.00668. The van der Waals surface area contributed by atoms with Gasteiger partial charge in [0.2, 0.25) is 5.89 Å². The van der Waals surface area contributed by atoms with E-state index in [-0.39, 0.29) is 17.5 Å². The number of rotatable bonds is 5. The Morgan fingerprint density at radius 3 is 2.79 bits per heavy atom. The van der Waals surface area contributed by atoms with Crippen molar-refractivity contribution >= 4 is 23.3 Å². The molecule has 0 saturated heterocycles. The molecule has 0 atom stereocenters. The van der Waals surface area contributed by atoms with Crippen LogP contribution in [0.15, 0.2) is 59.2 Å². The van der Waals surface area contributed by atoms with Gasteiger partial charge in [-0.3, -0.25) is 0 Å². The molecule has 0 spiro atoms. The van der Waals surface area contributed by atoms with Gasteiger partial charge in [0.25, 0.3) is 5.71 Å². The molecule has 0 aliphatic carbocycles. The van der Waals surface area contributed by atoms with Crippen molar-refractivity contribution in [1.82, 2.24) is 15.0 Å². The lowest BCUT2D eigenvalue weighted by Gasteiger charge is -2.03. The number of carbonyl (C=O) groups is 1. The summed E-state index contributed by atoms with van der Waals surface area (Å²) in [6.07, 6.45) is 4.03. The lowest BCUT2D eigenvalue weighted by Crippen LogP contribution is -1.93. The summed E-state index contributed by atoms with van der Waals surface area (Å²) in [4.78, 5) is 23.2. The van der Waals surface area contributed by atoms with E-state index >= 15 is 0 Å². The minimum atomic E-state index is -1.01. The van der Waals surface area contributed by atoms with E-state index in [1.165, 1.54) is 24.4 Å². The second-order valence-corrected chi connectivity index (χ2v) is 6.14. The lowest BCUT2D eigenvalue weighted by molar-refractivity contribution is -0.131. The van der Waals surface area contributed by atoms with Gasteiger partial charge in [0, 0.05) is 11.6 Å². The zero-order chi connectivity index (χ0) is 20.4. The molecule has 0 bridgehead atoms. The quantitative estimate of drug-likeness (QED) is 0.496. The third-order valence-electron chi connectivity index (χ3n) is 4.09. The molecule has 0 saturated carbocycles. The highest BCUT2D eigenvalue weighted by molar-refractivity contribution is 5.85. The van der Waals surface area contributed by atoms with Crippen molar-refractivity contribution in [2.75, 3.05) is 0 Å². The largest absolute Gasteiger partial charge is 0.478 e. The zero-order valence-corrected chi connectivity index (χ0v) is 15.2. The van der Waals surface area contributed by atoms with Crippen LogP contribution in [0.2, 0.25) is 0 Å². The fourth-order valence-corrected chi connectivity index (χ4v) is 2.68. The lowest BCUT2D eigenvalue weighted by atomic mass is 10.0. The van der Waals surface area contributed by atoms with Gasteiger partial charge in [-0.25, -0.2) is 19.2 Å². The maximum Gasteiger partial charge on any atom is 0.328 e. The number of carboxylic acids is 1. The van der Waals surface area contributed by atoms with Gasteiger partial charge in [0.1, 0.15) is 5.52 Å². The smallest absolute Gasteiger partial charge is 0.328 e. The Morgan fingerprint density at radius 1 is 1.21 bits per heavy atom. The molecular formula is C21H14FN3O4. The average Bonchev–Trinajstić information content (AvgIpc) is 3.12. The molecular weight excluding hydrogens is 377 g/mol. The van der Waals surface area contributed by atoms with Crippen LogP contribution in [-0.2, 0) is 4.79 Å². The van der Waals surface area contributed by atoms with Gasteiger partial charge in [-0.1, -0.05) is 18.2 Å². The average molecular weight is 391 g/mol. The molecule has 29 heavy (non-hydrogen) atoms. The van der Waals surface area contributed by atoms with Crippen LogP contribution in [0.1, 0.15) is 11.1 Å². The monoisotopic (exact) mass is 391 g/mol. The molecule has 4 rings (SSSR count). The first-order valence-corrected chi connectivity index (χ1v) is 8.57. The first-order chi connectivity index (χ1) is 14.0. The maximum absolute atomic E-state index is 13.7. The van der Waals surface area contributed by atoms with E-state index in [9.17, 15) is 9.18 Å². The van der Waals surface area contributed by atoms with Crippen LogP contribution in [0.3, 0.4) is 0 Å². The van der Waals surface area contributed by atoms with E-state index in [1.54, 1.807) is 24.3 Å². The van der Waals surface area contributed by atoms with Crippen molar-refractivity contribution in [3.63, 3.8) is 0 Å². The molecule has 2 heterocycles. The third kappa shape index (κ3) is 3.96. The molecule has 8 heteroatoms. The Balaban J connectivity index is 1.63. The second kappa shape index (κ2) is 7.51. The van der Waals surface area contributed by atoms with Crippen molar-refractivity contribution in [2.24, 2.45) is 0 Å². The van der Waals surface area contributed by atoms with Crippen LogP contribution in [0.5, 0.6) is 11.8 Å². The molecule has 2 aromatic carbocycles. The van der Waals surface area contributed by atoms with Gasteiger partial charge in [0.05, 0.1) is 6.20 Å². The third-order valence-corrected chi connectivity index (χ3v) is 4.09. The highest BCUT2D eigenvalue weighted by Gasteiger charge is 2.13. The number of nitrogens with zero attached hydrogens (tertiary/aromatic N) is 3. The minimum Gasteiger partial charge on any atom is -0.478 e. The normalized spacial score (nSPS) is 11.2. The number of carboxylic acid groups (broad SMARTS) is 1.